The second-order valence-corrected chi connectivity index (χ2v) is 5.61. The van der Waals surface area contributed by atoms with Crippen molar-refractivity contribution in [3.63, 3.8) is 0 Å². The molecule has 0 atom stereocenters. The molecule has 1 heterocycles. The molecule has 0 bridgehead atoms. The molecule has 1 N–H and O–H groups in total. The second kappa shape index (κ2) is 4.27. The molecule has 0 aromatic rings. The highest BCUT2D eigenvalue weighted by molar-refractivity contribution is 7.88. The molecule has 1 saturated heterocycles. The molecule has 0 radical (unpaired) electrons. The Morgan fingerprint density at radius 3 is 2.29 bits per heavy atom. The fraction of sp³-hybridized carbons (Fsp3) is 0.875. The van der Waals surface area contributed by atoms with Crippen LogP contribution in [0, 0.1) is 5.92 Å². The van der Waals surface area contributed by atoms with E-state index in [0.717, 1.165) is 36.5 Å². The summed E-state index contributed by atoms with van der Waals surface area (Å²) in [5.74, 6) is -0.426. The first-order valence-corrected chi connectivity index (χ1v) is 6.46. The van der Waals surface area contributed by atoms with Gasteiger partial charge in [0.1, 0.15) is 0 Å². The molecule has 1 aliphatic heterocycles. The van der Waals surface area contributed by atoms with E-state index in [2.05, 4.69) is 5.32 Å². The van der Waals surface area contributed by atoms with Crippen LogP contribution in [0.25, 0.3) is 0 Å². The molecule has 1 fully saturated rings. The average Bonchev–Trinajstić information content (AvgIpc) is 2.15. The van der Waals surface area contributed by atoms with Crippen LogP contribution in [0.3, 0.4) is 0 Å². The summed E-state index contributed by atoms with van der Waals surface area (Å²) in [6.45, 7) is 1.57. The van der Waals surface area contributed by atoms with Gasteiger partial charge in [-0.3, -0.25) is 4.79 Å². The minimum atomic E-state index is -3.39. The number of hydrogen-bond donors (Lipinski definition) is 1. The molecule has 1 aliphatic rings. The van der Waals surface area contributed by atoms with Crippen LogP contribution in [0.15, 0.2) is 0 Å². The third-order valence-electron chi connectivity index (χ3n) is 2.50. The van der Waals surface area contributed by atoms with Gasteiger partial charge in [0.2, 0.25) is 15.9 Å². The molecule has 5 nitrogen and oxygen atoms in total. The van der Waals surface area contributed by atoms with Crippen molar-refractivity contribution in [1.29, 1.82) is 0 Å². The topological polar surface area (TPSA) is 66.5 Å². The first kappa shape index (κ1) is 11.5. The van der Waals surface area contributed by atoms with Gasteiger partial charge in [-0.05, 0) is 25.9 Å². The maximum atomic E-state index is 11.7. The van der Waals surface area contributed by atoms with Crippen molar-refractivity contribution in [2.75, 3.05) is 26.4 Å². The van der Waals surface area contributed by atoms with Gasteiger partial charge in [-0.15, -0.1) is 0 Å². The van der Waals surface area contributed by atoms with E-state index in [9.17, 15) is 13.2 Å². The Morgan fingerprint density at radius 2 is 1.86 bits per heavy atom. The first-order chi connectivity index (χ1) is 6.43. The molecule has 1 rings (SSSR count). The van der Waals surface area contributed by atoms with Crippen molar-refractivity contribution in [3.8, 4) is 0 Å². The third-order valence-corrected chi connectivity index (χ3v) is 3.67. The Morgan fingerprint density at radius 1 is 1.36 bits per heavy atom. The molecule has 0 saturated carbocycles. The molecule has 1 amide bonds. The zero-order chi connectivity index (χ0) is 10.8. The zero-order valence-electron chi connectivity index (χ0n) is 8.49. The van der Waals surface area contributed by atoms with E-state index in [1.165, 1.54) is 7.05 Å². The van der Waals surface area contributed by atoms with Crippen molar-refractivity contribution in [3.05, 3.63) is 0 Å². The van der Waals surface area contributed by atoms with Gasteiger partial charge in [0.05, 0.1) is 6.26 Å². The third kappa shape index (κ3) is 2.68. The summed E-state index contributed by atoms with van der Waals surface area (Å²) in [6.07, 6.45) is 2.49. The number of carbonyl (C=O) groups is 1. The highest BCUT2D eigenvalue weighted by atomic mass is 32.2. The van der Waals surface area contributed by atoms with Crippen molar-refractivity contribution >= 4 is 15.9 Å². The normalized spacial score (nSPS) is 19.3. The predicted octanol–water partition coefficient (Wildman–Crippen LogP) is -0.596. The van der Waals surface area contributed by atoms with Crippen molar-refractivity contribution < 1.29 is 13.2 Å². The lowest BCUT2D eigenvalue weighted by atomic mass is 9.97. The maximum absolute atomic E-state index is 11.7. The lowest BCUT2D eigenvalue weighted by molar-refractivity contribution is -0.130. The molecule has 82 valence electrons. The van der Waals surface area contributed by atoms with Gasteiger partial charge in [-0.2, -0.15) is 0 Å². The highest BCUT2D eigenvalue weighted by Gasteiger charge is 2.27. The zero-order valence-corrected chi connectivity index (χ0v) is 9.30. The summed E-state index contributed by atoms with van der Waals surface area (Å²) in [6, 6.07) is 0. The lowest BCUT2D eigenvalue weighted by Gasteiger charge is -2.25. The van der Waals surface area contributed by atoms with Gasteiger partial charge in [0.25, 0.3) is 0 Å². The van der Waals surface area contributed by atoms with Crippen LogP contribution in [-0.2, 0) is 14.8 Å². The number of rotatable bonds is 2. The van der Waals surface area contributed by atoms with Crippen LogP contribution >= 0.6 is 0 Å². The summed E-state index contributed by atoms with van der Waals surface area (Å²) in [5, 5.41) is 3.13. The summed E-state index contributed by atoms with van der Waals surface area (Å²) in [7, 11) is -2.07. The van der Waals surface area contributed by atoms with Gasteiger partial charge in [0, 0.05) is 13.0 Å². The van der Waals surface area contributed by atoms with E-state index in [1.807, 2.05) is 0 Å². The Hall–Kier alpha value is -0.620. The predicted molar refractivity (Wildman–Crippen MR) is 53.2 cm³/mol. The van der Waals surface area contributed by atoms with E-state index in [1.54, 1.807) is 0 Å². The van der Waals surface area contributed by atoms with Gasteiger partial charge in [-0.1, -0.05) is 0 Å². The van der Waals surface area contributed by atoms with Crippen LogP contribution in [0.2, 0.25) is 0 Å². The highest BCUT2D eigenvalue weighted by Crippen LogP contribution is 2.15. The summed E-state index contributed by atoms with van der Waals surface area (Å²) in [5.41, 5.74) is 0. The average molecular weight is 220 g/mol. The summed E-state index contributed by atoms with van der Waals surface area (Å²) in [4.78, 5) is 11.7. The van der Waals surface area contributed by atoms with E-state index in [0.29, 0.717) is 0 Å². The fourth-order valence-corrected chi connectivity index (χ4v) is 1.97. The lowest BCUT2D eigenvalue weighted by Crippen LogP contribution is -2.41. The Labute approximate surface area is 84.5 Å². The van der Waals surface area contributed by atoms with Crippen molar-refractivity contribution in [2.24, 2.45) is 5.92 Å². The quantitative estimate of drug-likeness (QED) is 0.675. The number of sulfonamides is 1. The maximum Gasteiger partial charge on any atom is 0.238 e. The molecular weight excluding hydrogens is 204 g/mol. The van der Waals surface area contributed by atoms with Crippen LogP contribution in [0.4, 0.5) is 0 Å². The number of hydrogen-bond acceptors (Lipinski definition) is 4. The molecule has 0 aliphatic carbocycles. The van der Waals surface area contributed by atoms with Crippen molar-refractivity contribution in [2.45, 2.75) is 12.8 Å². The molecule has 0 unspecified atom stereocenters. The molecule has 6 heteroatoms. The standard InChI is InChI=1S/C8H16N2O3S/c1-10(14(2,12)13)8(11)7-3-5-9-6-4-7/h7,9H,3-6H2,1-2H3. The minimum Gasteiger partial charge on any atom is -0.317 e. The largest absolute Gasteiger partial charge is 0.317 e. The Bertz CT molecular complexity index is 307. The monoisotopic (exact) mass is 220 g/mol. The molecule has 0 aromatic heterocycles. The minimum absolute atomic E-state index is 0.143. The summed E-state index contributed by atoms with van der Waals surface area (Å²) < 4.78 is 23.1. The van der Waals surface area contributed by atoms with Crippen LogP contribution < -0.4 is 5.32 Å². The summed E-state index contributed by atoms with van der Waals surface area (Å²) >= 11 is 0. The van der Waals surface area contributed by atoms with Crippen LogP contribution in [0.5, 0.6) is 0 Å². The van der Waals surface area contributed by atoms with E-state index < -0.39 is 10.0 Å². The van der Waals surface area contributed by atoms with Gasteiger partial charge in [0.15, 0.2) is 0 Å². The molecule has 0 aromatic carbocycles. The van der Waals surface area contributed by atoms with Crippen LogP contribution in [-0.4, -0.2) is 45.0 Å². The SMILES string of the molecule is CN(C(=O)C1CCNCC1)S(C)(=O)=O. The smallest absolute Gasteiger partial charge is 0.238 e. The van der Waals surface area contributed by atoms with Gasteiger partial charge in [-0.25, -0.2) is 12.7 Å². The Kier molecular flexibility index (Phi) is 3.49. The molecule has 14 heavy (non-hydrogen) atoms. The first-order valence-electron chi connectivity index (χ1n) is 4.61. The fourth-order valence-electron chi connectivity index (χ4n) is 1.49. The number of piperidine rings is 1. The van der Waals surface area contributed by atoms with Crippen molar-refractivity contribution in [1.82, 2.24) is 9.62 Å². The van der Waals surface area contributed by atoms with E-state index in [-0.39, 0.29) is 11.8 Å². The van der Waals surface area contributed by atoms with Gasteiger partial charge >= 0.3 is 0 Å². The number of amides is 1. The van der Waals surface area contributed by atoms with Crippen LogP contribution in [0.1, 0.15) is 12.8 Å². The molecule has 0 spiro atoms. The Balaban J connectivity index is 2.64. The molecular formula is C8H16N2O3S. The number of carbonyl (C=O) groups excluding carboxylic acids is 1. The number of nitrogens with one attached hydrogen (secondary N) is 1. The second-order valence-electron chi connectivity index (χ2n) is 3.59. The van der Waals surface area contributed by atoms with Gasteiger partial charge < -0.3 is 5.32 Å². The number of nitrogens with zero attached hydrogens (tertiary/aromatic N) is 1. The van der Waals surface area contributed by atoms with E-state index in [4.69, 9.17) is 0 Å². The van der Waals surface area contributed by atoms with E-state index >= 15 is 0 Å².